The molecule has 0 aromatic carbocycles. The molecule has 246 valence electrons. The highest BCUT2D eigenvalue weighted by Gasteiger charge is 2.34. The lowest BCUT2D eigenvalue weighted by molar-refractivity contribution is -0.139. The van der Waals surface area contributed by atoms with Gasteiger partial charge in [0.2, 0.25) is 0 Å². The minimum Gasteiger partial charge on any atom is -0.455 e. The van der Waals surface area contributed by atoms with E-state index in [-0.39, 0.29) is 24.3 Å². The Balaban J connectivity index is 1.43. The Morgan fingerprint density at radius 1 is 0.667 bits per heavy atom. The van der Waals surface area contributed by atoms with Gasteiger partial charge in [-0.25, -0.2) is 4.79 Å². The van der Waals surface area contributed by atoms with Crippen LogP contribution in [0, 0.1) is 0 Å². The maximum absolute atomic E-state index is 11.7. The second-order valence-corrected chi connectivity index (χ2v) is 13.1. The number of unbranched alkanes of at least 4 members (excludes halogenated alkanes) is 13. The molecular weight excluding hydrogens is 532 g/mol. The molecule has 0 aliphatic carbocycles. The fourth-order valence-electron chi connectivity index (χ4n) is 6.40. The number of aliphatic hydroxyl groups is 4. The summed E-state index contributed by atoms with van der Waals surface area (Å²) in [5.41, 5.74) is 0.565. The Hall–Kier alpha value is -0.990. The summed E-state index contributed by atoms with van der Waals surface area (Å²) in [7, 11) is 0. The van der Waals surface area contributed by atoms with E-state index in [0.717, 1.165) is 44.9 Å². The standard InChI is InChI=1S/C35H64O7/c1-3-4-5-6-7-8-9-10-11-12-13-17-20-31(38)33-23-24-34(42-33)32(39)22-21-29(36)18-15-14-16-19-30(37)26-28-25-27(2)41-35(28)40/h25,27,29-34,36-39H,3-24,26H2,1-2H3/t27-,29-,30-,31-,32-,33-,34-/m1/s1. The molecular formula is C35H64O7. The van der Waals surface area contributed by atoms with Crippen molar-refractivity contribution in [2.45, 2.75) is 204 Å². The lowest BCUT2D eigenvalue weighted by atomic mass is 9.98. The van der Waals surface area contributed by atoms with Crippen LogP contribution in [0.2, 0.25) is 0 Å². The zero-order valence-electron chi connectivity index (χ0n) is 26.9. The number of rotatable bonds is 26. The maximum atomic E-state index is 11.7. The molecule has 42 heavy (non-hydrogen) atoms. The molecule has 0 saturated carbocycles. The van der Waals surface area contributed by atoms with Crippen molar-refractivity contribution in [1.82, 2.24) is 0 Å². The predicted molar refractivity (Wildman–Crippen MR) is 168 cm³/mol. The summed E-state index contributed by atoms with van der Waals surface area (Å²) in [6.45, 7) is 4.07. The quantitative estimate of drug-likeness (QED) is 0.0624. The molecule has 2 aliphatic rings. The highest BCUT2D eigenvalue weighted by atomic mass is 16.5. The number of esters is 1. The molecule has 0 unspecified atom stereocenters. The van der Waals surface area contributed by atoms with E-state index in [1.165, 1.54) is 70.6 Å². The van der Waals surface area contributed by atoms with Gasteiger partial charge in [-0.3, -0.25) is 0 Å². The van der Waals surface area contributed by atoms with E-state index in [1.54, 1.807) is 6.08 Å². The number of cyclic esters (lactones) is 1. The van der Waals surface area contributed by atoms with Crippen LogP contribution in [0.3, 0.4) is 0 Å². The van der Waals surface area contributed by atoms with Crippen LogP contribution < -0.4 is 0 Å². The minimum atomic E-state index is -0.613. The fourth-order valence-corrected chi connectivity index (χ4v) is 6.40. The molecule has 7 atom stereocenters. The summed E-state index contributed by atoms with van der Waals surface area (Å²) in [5, 5.41) is 41.8. The van der Waals surface area contributed by atoms with Crippen molar-refractivity contribution in [3.05, 3.63) is 11.6 Å². The van der Waals surface area contributed by atoms with Gasteiger partial charge in [0.15, 0.2) is 0 Å². The predicted octanol–water partition coefficient (Wildman–Crippen LogP) is 7.06. The van der Waals surface area contributed by atoms with Gasteiger partial charge in [-0.2, -0.15) is 0 Å². The molecule has 7 heteroatoms. The van der Waals surface area contributed by atoms with Gasteiger partial charge >= 0.3 is 5.97 Å². The zero-order valence-corrected chi connectivity index (χ0v) is 26.9. The topological polar surface area (TPSA) is 116 Å². The van der Waals surface area contributed by atoms with Crippen molar-refractivity contribution in [3.8, 4) is 0 Å². The number of hydrogen-bond acceptors (Lipinski definition) is 7. The number of ether oxygens (including phenoxy) is 2. The van der Waals surface area contributed by atoms with Gasteiger partial charge in [-0.15, -0.1) is 0 Å². The SMILES string of the molecule is CCCCCCCCCCCCCC[C@@H](O)[C@H]1CC[C@H]([C@H](O)CC[C@H](O)CCCCC[C@@H](O)CC2=C[C@@H](C)OC2=O)O1. The third kappa shape index (κ3) is 16.2. The molecule has 2 heterocycles. The molecule has 0 amide bonds. The number of carbonyl (C=O) groups is 1. The first-order valence-electron chi connectivity index (χ1n) is 17.6. The largest absolute Gasteiger partial charge is 0.455 e. The third-order valence-electron chi connectivity index (χ3n) is 9.11. The van der Waals surface area contributed by atoms with Crippen molar-refractivity contribution in [1.29, 1.82) is 0 Å². The van der Waals surface area contributed by atoms with E-state index in [1.807, 2.05) is 6.92 Å². The normalized spacial score (nSPS) is 23.5. The molecule has 7 nitrogen and oxygen atoms in total. The molecule has 0 aromatic heterocycles. The minimum absolute atomic E-state index is 0.184. The summed E-state index contributed by atoms with van der Waals surface area (Å²) < 4.78 is 11.1. The number of hydrogen-bond donors (Lipinski definition) is 4. The molecule has 0 bridgehead atoms. The zero-order chi connectivity index (χ0) is 30.6. The molecule has 4 N–H and O–H groups in total. The Bertz CT molecular complexity index is 726. The molecule has 2 aliphatic heterocycles. The molecule has 1 fully saturated rings. The second-order valence-electron chi connectivity index (χ2n) is 13.1. The second kappa shape index (κ2) is 22.5. The lowest BCUT2D eigenvalue weighted by Gasteiger charge is -2.23. The van der Waals surface area contributed by atoms with Gasteiger partial charge in [0.1, 0.15) is 6.10 Å². The van der Waals surface area contributed by atoms with Gasteiger partial charge in [-0.1, -0.05) is 103 Å². The Morgan fingerprint density at radius 3 is 1.69 bits per heavy atom. The van der Waals surface area contributed by atoms with E-state index < -0.39 is 24.4 Å². The summed E-state index contributed by atoms with van der Waals surface area (Å²) in [6, 6.07) is 0. The average molecular weight is 597 g/mol. The summed E-state index contributed by atoms with van der Waals surface area (Å²) in [4.78, 5) is 11.7. The van der Waals surface area contributed by atoms with Crippen molar-refractivity contribution < 1.29 is 34.7 Å². The van der Waals surface area contributed by atoms with E-state index >= 15 is 0 Å². The summed E-state index contributed by atoms with van der Waals surface area (Å²) >= 11 is 0. The van der Waals surface area contributed by atoms with Crippen LogP contribution in [-0.4, -0.2) is 69.1 Å². The van der Waals surface area contributed by atoms with Gasteiger partial charge in [0.25, 0.3) is 0 Å². The van der Waals surface area contributed by atoms with Crippen LogP contribution in [0.1, 0.15) is 162 Å². The van der Waals surface area contributed by atoms with Gasteiger partial charge in [0.05, 0.1) is 36.6 Å². The maximum Gasteiger partial charge on any atom is 0.334 e. The Morgan fingerprint density at radius 2 is 1.14 bits per heavy atom. The average Bonchev–Trinajstić information content (AvgIpc) is 3.58. The van der Waals surface area contributed by atoms with Crippen molar-refractivity contribution in [3.63, 3.8) is 0 Å². The van der Waals surface area contributed by atoms with Crippen LogP contribution in [0.25, 0.3) is 0 Å². The van der Waals surface area contributed by atoms with Gasteiger partial charge in [0, 0.05) is 12.0 Å². The van der Waals surface area contributed by atoms with Gasteiger partial charge < -0.3 is 29.9 Å². The third-order valence-corrected chi connectivity index (χ3v) is 9.11. The van der Waals surface area contributed by atoms with E-state index in [2.05, 4.69) is 6.92 Å². The first-order valence-corrected chi connectivity index (χ1v) is 17.6. The molecule has 0 aromatic rings. The lowest BCUT2D eigenvalue weighted by Crippen LogP contribution is -2.31. The Labute approximate surface area is 256 Å². The smallest absolute Gasteiger partial charge is 0.334 e. The number of carbonyl (C=O) groups excluding carboxylic acids is 1. The van der Waals surface area contributed by atoms with Crippen LogP contribution >= 0.6 is 0 Å². The first-order chi connectivity index (χ1) is 20.3. The highest BCUT2D eigenvalue weighted by molar-refractivity contribution is 5.90. The van der Waals surface area contributed by atoms with Crippen molar-refractivity contribution in [2.24, 2.45) is 0 Å². The molecule has 0 spiro atoms. The Kier molecular flexibility index (Phi) is 19.9. The number of aliphatic hydroxyl groups excluding tert-OH is 4. The molecule has 2 rings (SSSR count). The summed E-state index contributed by atoms with van der Waals surface area (Å²) in [6.07, 6.45) is 22.3. The summed E-state index contributed by atoms with van der Waals surface area (Å²) in [5.74, 6) is -0.323. The van der Waals surface area contributed by atoms with E-state index in [0.29, 0.717) is 37.7 Å². The first kappa shape index (κ1) is 37.2. The van der Waals surface area contributed by atoms with Crippen molar-refractivity contribution in [2.75, 3.05) is 0 Å². The van der Waals surface area contributed by atoms with Crippen LogP contribution in [0.5, 0.6) is 0 Å². The van der Waals surface area contributed by atoms with Crippen LogP contribution in [0.4, 0.5) is 0 Å². The van der Waals surface area contributed by atoms with E-state index in [4.69, 9.17) is 9.47 Å². The molecule has 0 radical (unpaired) electrons. The van der Waals surface area contributed by atoms with Gasteiger partial charge in [-0.05, 0) is 57.9 Å². The van der Waals surface area contributed by atoms with Crippen LogP contribution in [-0.2, 0) is 14.3 Å². The van der Waals surface area contributed by atoms with Crippen molar-refractivity contribution >= 4 is 5.97 Å². The fraction of sp³-hybridized carbons (Fsp3) is 0.914. The van der Waals surface area contributed by atoms with E-state index in [9.17, 15) is 25.2 Å². The monoisotopic (exact) mass is 596 g/mol. The van der Waals surface area contributed by atoms with Crippen LogP contribution in [0.15, 0.2) is 11.6 Å². The highest BCUT2D eigenvalue weighted by Crippen LogP contribution is 2.28. The molecule has 1 saturated heterocycles.